The van der Waals surface area contributed by atoms with Crippen molar-refractivity contribution in [3.8, 4) is 0 Å². The van der Waals surface area contributed by atoms with Gasteiger partial charge in [-0.05, 0) is 51.4 Å². The number of hydrogen-bond donors (Lipinski definition) is 2. The van der Waals surface area contributed by atoms with Crippen LogP contribution in [-0.4, -0.2) is 25.0 Å². The summed E-state index contributed by atoms with van der Waals surface area (Å²) in [5.74, 6) is 0.550. The summed E-state index contributed by atoms with van der Waals surface area (Å²) in [7, 11) is 0. The molecule has 0 saturated carbocycles. The van der Waals surface area contributed by atoms with Crippen molar-refractivity contribution in [1.29, 1.82) is 0 Å². The first-order chi connectivity index (χ1) is 8.56. The Morgan fingerprint density at radius 3 is 2.56 bits per heavy atom. The van der Waals surface area contributed by atoms with Gasteiger partial charge in [0.25, 0.3) is 5.91 Å². The van der Waals surface area contributed by atoms with Gasteiger partial charge in [-0.15, -0.1) is 0 Å². The maximum absolute atomic E-state index is 12.2. The van der Waals surface area contributed by atoms with Crippen molar-refractivity contribution in [2.45, 2.75) is 33.2 Å². The number of carbonyl (C=O) groups is 1. The Morgan fingerprint density at radius 1 is 1.28 bits per heavy atom. The lowest BCUT2D eigenvalue weighted by molar-refractivity contribution is 0.0914. The zero-order chi connectivity index (χ0) is 13.1. The van der Waals surface area contributed by atoms with Gasteiger partial charge in [-0.1, -0.05) is 24.1 Å². The Morgan fingerprint density at radius 2 is 1.94 bits per heavy atom. The van der Waals surface area contributed by atoms with Gasteiger partial charge < -0.3 is 10.6 Å². The molecule has 18 heavy (non-hydrogen) atoms. The van der Waals surface area contributed by atoms with Crippen LogP contribution in [0.4, 0.5) is 0 Å². The highest BCUT2D eigenvalue weighted by atomic mass is 16.1. The predicted octanol–water partition coefficient (Wildman–Crippen LogP) is 2.03. The summed E-state index contributed by atoms with van der Waals surface area (Å²) in [6.07, 6.45) is 1.01. The van der Waals surface area contributed by atoms with Gasteiger partial charge in [0, 0.05) is 11.6 Å². The maximum Gasteiger partial charge on any atom is 0.251 e. The Labute approximate surface area is 109 Å². The van der Waals surface area contributed by atoms with Crippen molar-refractivity contribution in [2.75, 3.05) is 13.1 Å². The number of aryl methyl sites for hydroxylation is 2. The average molecular weight is 246 g/mol. The molecule has 98 valence electrons. The lowest BCUT2D eigenvalue weighted by atomic mass is 9.95. The van der Waals surface area contributed by atoms with Crippen molar-refractivity contribution >= 4 is 5.91 Å². The molecule has 1 aromatic rings. The van der Waals surface area contributed by atoms with Gasteiger partial charge in [-0.2, -0.15) is 0 Å². The van der Waals surface area contributed by atoms with Crippen molar-refractivity contribution in [2.24, 2.45) is 5.92 Å². The molecule has 1 aliphatic rings. The number of amides is 1. The van der Waals surface area contributed by atoms with E-state index in [0.29, 0.717) is 12.0 Å². The van der Waals surface area contributed by atoms with Crippen LogP contribution in [0.3, 0.4) is 0 Å². The van der Waals surface area contributed by atoms with Crippen LogP contribution in [0.5, 0.6) is 0 Å². The van der Waals surface area contributed by atoms with Crippen LogP contribution in [-0.2, 0) is 0 Å². The van der Waals surface area contributed by atoms with Gasteiger partial charge in [-0.25, -0.2) is 0 Å². The normalized spacial score (nSPS) is 23.7. The number of nitrogens with one attached hydrogen (secondary N) is 2. The molecule has 1 fully saturated rings. The molecule has 3 heteroatoms. The number of carbonyl (C=O) groups excluding carboxylic acids is 1. The van der Waals surface area contributed by atoms with E-state index in [1.165, 1.54) is 0 Å². The molecule has 1 heterocycles. The molecular formula is C15H22N2O. The second-order valence-corrected chi connectivity index (χ2v) is 5.43. The van der Waals surface area contributed by atoms with Crippen LogP contribution < -0.4 is 10.6 Å². The van der Waals surface area contributed by atoms with E-state index in [1.54, 1.807) is 0 Å². The van der Waals surface area contributed by atoms with E-state index in [-0.39, 0.29) is 5.91 Å². The molecule has 2 N–H and O–H groups in total. The first-order valence-corrected chi connectivity index (χ1v) is 6.66. The molecule has 2 atom stereocenters. The monoisotopic (exact) mass is 246 g/mol. The first-order valence-electron chi connectivity index (χ1n) is 6.66. The minimum atomic E-state index is 0.0561. The van der Waals surface area contributed by atoms with Gasteiger partial charge >= 0.3 is 0 Å². The Hall–Kier alpha value is -1.35. The molecule has 2 unspecified atom stereocenters. The first kappa shape index (κ1) is 13.1. The highest BCUT2D eigenvalue weighted by molar-refractivity contribution is 5.94. The fourth-order valence-electron chi connectivity index (χ4n) is 2.59. The topological polar surface area (TPSA) is 41.1 Å². The lowest BCUT2D eigenvalue weighted by Crippen LogP contribution is -2.48. The van der Waals surface area contributed by atoms with E-state index in [4.69, 9.17) is 0 Å². The summed E-state index contributed by atoms with van der Waals surface area (Å²) in [5, 5.41) is 6.50. The summed E-state index contributed by atoms with van der Waals surface area (Å²) in [6.45, 7) is 8.20. The summed E-state index contributed by atoms with van der Waals surface area (Å²) < 4.78 is 0. The Bertz CT molecular complexity index is 422. The van der Waals surface area contributed by atoms with Crippen molar-refractivity contribution in [1.82, 2.24) is 10.6 Å². The number of rotatable bonds is 2. The molecule has 1 saturated heterocycles. The summed E-state index contributed by atoms with van der Waals surface area (Å²) in [4.78, 5) is 12.2. The second-order valence-electron chi connectivity index (χ2n) is 5.43. The minimum Gasteiger partial charge on any atom is -0.349 e. The number of piperidine rings is 1. The third-order valence-electron chi connectivity index (χ3n) is 3.59. The van der Waals surface area contributed by atoms with Crippen LogP contribution in [0.1, 0.15) is 34.8 Å². The SMILES string of the molecule is Cc1cc(C)cc(C(=O)NC2CCNCC2C)c1. The van der Waals surface area contributed by atoms with Gasteiger partial charge in [-0.3, -0.25) is 4.79 Å². The zero-order valence-corrected chi connectivity index (χ0v) is 11.4. The van der Waals surface area contributed by atoms with E-state index in [9.17, 15) is 4.79 Å². The summed E-state index contributed by atoms with van der Waals surface area (Å²) in [5.41, 5.74) is 3.05. The van der Waals surface area contributed by atoms with Crippen LogP contribution in [0.25, 0.3) is 0 Å². The van der Waals surface area contributed by atoms with E-state index < -0.39 is 0 Å². The van der Waals surface area contributed by atoms with Gasteiger partial charge in [0.2, 0.25) is 0 Å². The molecule has 0 spiro atoms. The van der Waals surface area contributed by atoms with E-state index in [0.717, 1.165) is 36.2 Å². The van der Waals surface area contributed by atoms with Gasteiger partial charge in [0.1, 0.15) is 0 Å². The Balaban J connectivity index is 2.06. The zero-order valence-electron chi connectivity index (χ0n) is 11.4. The Kier molecular flexibility index (Phi) is 4.02. The van der Waals surface area contributed by atoms with Crippen molar-refractivity contribution in [3.05, 3.63) is 34.9 Å². The quantitative estimate of drug-likeness (QED) is 0.838. The van der Waals surface area contributed by atoms with Crippen LogP contribution in [0.15, 0.2) is 18.2 Å². The van der Waals surface area contributed by atoms with E-state index in [1.807, 2.05) is 26.0 Å². The molecular weight excluding hydrogens is 224 g/mol. The molecule has 0 radical (unpaired) electrons. The third kappa shape index (κ3) is 3.10. The highest BCUT2D eigenvalue weighted by Gasteiger charge is 2.23. The van der Waals surface area contributed by atoms with Gasteiger partial charge in [0.15, 0.2) is 0 Å². The van der Waals surface area contributed by atoms with Crippen LogP contribution in [0.2, 0.25) is 0 Å². The maximum atomic E-state index is 12.2. The van der Waals surface area contributed by atoms with E-state index in [2.05, 4.69) is 23.6 Å². The highest BCUT2D eigenvalue weighted by Crippen LogP contribution is 2.13. The molecule has 1 amide bonds. The minimum absolute atomic E-state index is 0.0561. The third-order valence-corrected chi connectivity index (χ3v) is 3.59. The average Bonchev–Trinajstić information content (AvgIpc) is 2.31. The molecule has 0 bridgehead atoms. The van der Waals surface area contributed by atoms with Gasteiger partial charge in [0.05, 0.1) is 0 Å². The largest absolute Gasteiger partial charge is 0.349 e. The molecule has 3 nitrogen and oxygen atoms in total. The standard InChI is InChI=1S/C15H22N2O/c1-10-6-11(2)8-13(7-10)15(18)17-14-4-5-16-9-12(14)3/h6-8,12,14,16H,4-5,9H2,1-3H3,(H,17,18). The fraction of sp³-hybridized carbons (Fsp3) is 0.533. The predicted molar refractivity (Wildman–Crippen MR) is 73.8 cm³/mol. The van der Waals surface area contributed by atoms with Crippen LogP contribution >= 0.6 is 0 Å². The molecule has 1 aliphatic heterocycles. The number of benzene rings is 1. The lowest BCUT2D eigenvalue weighted by Gasteiger charge is -2.30. The summed E-state index contributed by atoms with van der Waals surface area (Å²) >= 11 is 0. The fourth-order valence-corrected chi connectivity index (χ4v) is 2.59. The van der Waals surface area contributed by atoms with Crippen molar-refractivity contribution < 1.29 is 4.79 Å². The summed E-state index contributed by atoms with van der Waals surface area (Å²) in [6, 6.07) is 6.28. The number of hydrogen-bond acceptors (Lipinski definition) is 2. The molecule has 0 aromatic heterocycles. The van der Waals surface area contributed by atoms with Crippen LogP contribution in [0, 0.1) is 19.8 Å². The molecule has 2 rings (SSSR count). The molecule has 0 aliphatic carbocycles. The van der Waals surface area contributed by atoms with Crippen molar-refractivity contribution in [3.63, 3.8) is 0 Å². The second kappa shape index (κ2) is 5.53. The van der Waals surface area contributed by atoms with E-state index >= 15 is 0 Å². The smallest absolute Gasteiger partial charge is 0.251 e. The molecule has 1 aromatic carbocycles.